The van der Waals surface area contributed by atoms with Gasteiger partial charge >= 0.3 is 0 Å². The molecule has 1 unspecified atom stereocenters. The third-order valence-electron chi connectivity index (χ3n) is 3.20. The Morgan fingerprint density at radius 3 is 2.53 bits per heavy atom. The highest BCUT2D eigenvalue weighted by atomic mass is 32.2. The molecule has 1 aliphatic rings. The number of ether oxygens (including phenoxy) is 1. The Bertz CT molecular complexity index is 200. The van der Waals surface area contributed by atoms with Gasteiger partial charge < -0.3 is 4.74 Å². The highest BCUT2D eigenvalue weighted by Crippen LogP contribution is 2.16. The molecule has 0 N–H and O–H groups in total. The predicted molar refractivity (Wildman–Crippen MR) is 74.7 cm³/mol. The molecule has 1 rings (SSSR count). The molecule has 1 heterocycles. The van der Waals surface area contributed by atoms with Gasteiger partial charge in [-0.25, -0.2) is 0 Å². The number of unbranched alkanes of at least 4 members (excludes halogenated alkanes) is 6. The van der Waals surface area contributed by atoms with E-state index in [9.17, 15) is 4.79 Å². The lowest BCUT2D eigenvalue weighted by atomic mass is 10.1. The molecule has 1 saturated heterocycles. The van der Waals surface area contributed by atoms with Crippen LogP contribution in [0.2, 0.25) is 0 Å². The number of hydrogen-bond acceptors (Lipinski definition) is 3. The zero-order chi connectivity index (χ0) is 12.3. The van der Waals surface area contributed by atoms with Crippen molar-refractivity contribution in [3.8, 4) is 0 Å². The van der Waals surface area contributed by atoms with Gasteiger partial charge in [-0.15, -0.1) is 0 Å². The van der Waals surface area contributed by atoms with E-state index in [1.54, 1.807) is 0 Å². The zero-order valence-electron chi connectivity index (χ0n) is 11.1. The second-order valence-electron chi connectivity index (χ2n) is 4.77. The van der Waals surface area contributed by atoms with Crippen molar-refractivity contribution in [1.82, 2.24) is 0 Å². The summed E-state index contributed by atoms with van der Waals surface area (Å²) in [5.74, 6) is 2.24. The lowest BCUT2D eigenvalue weighted by Crippen LogP contribution is -2.31. The first-order chi connectivity index (χ1) is 8.34. The molecule has 1 aliphatic heterocycles. The second kappa shape index (κ2) is 9.95. The fourth-order valence-electron chi connectivity index (χ4n) is 2.09. The molecule has 0 aromatic carbocycles. The van der Waals surface area contributed by atoms with Crippen LogP contribution in [0.15, 0.2) is 0 Å². The molecule has 0 aromatic heterocycles. The van der Waals surface area contributed by atoms with E-state index in [-0.39, 0.29) is 6.10 Å². The van der Waals surface area contributed by atoms with E-state index in [1.165, 1.54) is 38.5 Å². The minimum atomic E-state index is -0.103. The Morgan fingerprint density at radius 2 is 1.88 bits per heavy atom. The number of carbonyl (C=O) groups excluding carboxylic acids is 1. The maximum Gasteiger partial charge on any atom is 0.162 e. The summed E-state index contributed by atoms with van der Waals surface area (Å²) in [7, 11) is 0. The molecule has 100 valence electrons. The molecule has 0 spiro atoms. The fraction of sp³-hybridized carbons (Fsp3) is 0.929. The number of Topliss-reactive ketones (excluding diaryl/α,β-unsaturated/α-hetero) is 1. The van der Waals surface area contributed by atoms with Gasteiger partial charge in [0.2, 0.25) is 0 Å². The molecular weight excluding hydrogens is 232 g/mol. The first-order valence-corrected chi connectivity index (χ1v) is 8.22. The van der Waals surface area contributed by atoms with E-state index < -0.39 is 0 Å². The van der Waals surface area contributed by atoms with Crippen molar-refractivity contribution in [2.75, 3.05) is 18.1 Å². The third kappa shape index (κ3) is 7.10. The zero-order valence-corrected chi connectivity index (χ0v) is 11.9. The van der Waals surface area contributed by atoms with Crippen molar-refractivity contribution in [1.29, 1.82) is 0 Å². The van der Waals surface area contributed by atoms with Gasteiger partial charge in [-0.2, -0.15) is 11.8 Å². The topological polar surface area (TPSA) is 26.3 Å². The Kier molecular flexibility index (Phi) is 8.81. The summed E-state index contributed by atoms with van der Waals surface area (Å²) in [5.41, 5.74) is 0. The first kappa shape index (κ1) is 15.0. The quantitative estimate of drug-likeness (QED) is 0.588. The number of thioether (sulfide) groups is 1. The number of hydrogen-bond donors (Lipinski definition) is 0. The van der Waals surface area contributed by atoms with Gasteiger partial charge in [0.15, 0.2) is 5.78 Å². The molecule has 0 aliphatic carbocycles. The molecule has 1 fully saturated rings. The lowest BCUT2D eigenvalue weighted by Gasteiger charge is -2.20. The van der Waals surface area contributed by atoms with Gasteiger partial charge in [0.1, 0.15) is 6.10 Å². The number of carbonyl (C=O) groups is 1. The summed E-state index contributed by atoms with van der Waals surface area (Å²) >= 11 is 1.84. The summed E-state index contributed by atoms with van der Waals surface area (Å²) in [6, 6.07) is 0. The molecule has 0 amide bonds. The highest BCUT2D eigenvalue weighted by molar-refractivity contribution is 7.99. The third-order valence-corrected chi connectivity index (χ3v) is 4.20. The van der Waals surface area contributed by atoms with E-state index in [0.717, 1.165) is 31.0 Å². The van der Waals surface area contributed by atoms with Crippen LogP contribution in [0, 0.1) is 0 Å². The van der Waals surface area contributed by atoms with Crippen LogP contribution < -0.4 is 0 Å². The molecule has 3 heteroatoms. The van der Waals surface area contributed by atoms with Crippen molar-refractivity contribution >= 4 is 17.5 Å². The van der Waals surface area contributed by atoms with Crippen molar-refractivity contribution in [2.45, 2.75) is 64.4 Å². The standard InChI is InChI=1S/C14H26O2S/c1-2-3-4-5-6-7-8-9-13(15)14-12-17-11-10-16-14/h14H,2-12H2,1H3. The molecule has 0 bridgehead atoms. The molecule has 0 radical (unpaired) electrons. The van der Waals surface area contributed by atoms with Crippen molar-refractivity contribution in [3.05, 3.63) is 0 Å². The summed E-state index contributed by atoms with van der Waals surface area (Å²) in [6.07, 6.45) is 9.50. The van der Waals surface area contributed by atoms with Crippen LogP contribution >= 0.6 is 11.8 Å². The average molecular weight is 258 g/mol. The molecule has 17 heavy (non-hydrogen) atoms. The molecule has 2 nitrogen and oxygen atoms in total. The van der Waals surface area contributed by atoms with Gasteiger partial charge in [0.05, 0.1) is 6.61 Å². The van der Waals surface area contributed by atoms with Crippen LogP contribution in [0.1, 0.15) is 58.3 Å². The summed E-state index contributed by atoms with van der Waals surface area (Å²) in [6.45, 7) is 2.99. The maximum atomic E-state index is 11.8. The van der Waals surface area contributed by atoms with Crippen LogP contribution in [-0.4, -0.2) is 30.0 Å². The average Bonchev–Trinajstić information content (AvgIpc) is 2.38. The first-order valence-electron chi connectivity index (χ1n) is 7.06. The van der Waals surface area contributed by atoms with Gasteiger partial charge in [-0.3, -0.25) is 4.79 Å². The van der Waals surface area contributed by atoms with E-state index in [2.05, 4.69) is 6.92 Å². The number of ketones is 1. The minimum absolute atomic E-state index is 0.103. The Labute approximate surface area is 110 Å². The van der Waals surface area contributed by atoms with Crippen LogP contribution in [0.5, 0.6) is 0 Å². The fourth-order valence-corrected chi connectivity index (χ4v) is 2.97. The molecule has 1 atom stereocenters. The van der Waals surface area contributed by atoms with Crippen molar-refractivity contribution in [3.63, 3.8) is 0 Å². The van der Waals surface area contributed by atoms with Crippen molar-refractivity contribution < 1.29 is 9.53 Å². The van der Waals surface area contributed by atoms with Crippen LogP contribution in [0.25, 0.3) is 0 Å². The van der Waals surface area contributed by atoms with Gasteiger partial charge in [0, 0.05) is 17.9 Å². The minimum Gasteiger partial charge on any atom is -0.369 e. The number of rotatable bonds is 9. The second-order valence-corrected chi connectivity index (χ2v) is 5.92. The smallest absolute Gasteiger partial charge is 0.162 e. The van der Waals surface area contributed by atoms with E-state index >= 15 is 0 Å². The summed E-state index contributed by atoms with van der Waals surface area (Å²) in [4.78, 5) is 11.8. The molecule has 0 saturated carbocycles. The van der Waals surface area contributed by atoms with Crippen LogP contribution in [-0.2, 0) is 9.53 Å². The van der Waals surface area contributed by atoms with Crippen LogP contribution in [0.4, 0.5) is 0 Å². The molecular formula is C14H26O2S. The predicted octanol–water partition coefficient (Wildman–Crippen LogP) is 3.83. The Balaban J connectivity index is 1.92. The van der Waals surface area contributed by atoms with Gasteiger partial charge in [-0.1, -0.05) is 45.4 Å². The molecule has 0 aromatic rings. The SMILES string of the molecule is CCCCCCCCCC(=O)C1CSCCO1. The summed E-state index contributed by atoms with van der Waals surface area (Å²) in [5, 5.41) is 0. The highest BCUT2D eigenvalue weighted by Gasteiger charge is 2.21. The van der Waals surface area contributed by atoms with E-state index in [4.69, 9.17) is 4.74 Å². The normalized spacial score (nSPS) is 20.4. The van der Waals surface area contributed by atoms with Crippen LogP contribution in [0.3, 0.4) is 0 Å². The van der Waals surface area contributed by atoms with E-state index in [0.29, 0.717) is 5.78 Å². The lowest BCUT2D eigenvalue weighted by molar-refractivity contribution is -0.129. The maximum absolute atomic E-state index is 11.8. The monoisotopic (exact) mass is 258 g/mol. The Hall–Kier alpha value is -0.0200. The largest absolute Gasteiger partial charge is 0.369 e. The van der Waals surface area contributed by atoms with Gasteiger partial charge in [0.25, 0.3) is 0 Å². The van der Waals surface area contributed by atoms with E-state index in [1.807, 2.05) is 11.8 Å². The summed E-state index contributed by atoms with van der Waals surface area (Å²) < 4.78 is 5.48. The Morgan fingerprint density at radius 1 is 1.18 bits per heavy atom. The van der Waals surface area contributed by atoms with Gasteiger partial charge in [-0.05, 0) is 6.42 Å². The van der Waals surface area contributed by atoms with Crippen molar-refractivity contribution in [2.24, 2.45) is 0 Å².